The van der Waals surface area contributed by atoms with Crippen molar-refractivity contribution in [3.05, 3.63) is 35.9 Å². The van der Waals surface area contributed by atoms with E-state index in [1.807, 2.05) is 30.3 Å². The summed E-state index contributed by atoms with van der Waals surface area (Å²) in [5.41, 5.74) is 6.88. The number of carbonyl (C=O) groups is 1. The van der Waals surface area contributed by atoms with Crippen LogP contribution in [0.5, 0.6) is 0 Å². The largest absolute Gasteiger partial charge is 0.354 e. The first-order valence-corrected chi connectivity index (χ1v) is 7.34. The highest BCUT2D eigenvalue weighted by Gasteiger charge is 2.41. The molecule has 0 saturated heterocycles. The van der Waals surface area contributed by atoms with Gasteiger partial charge in [0.25, 0.3) is 0 Å². The highest BCUT2D eigenvalue weighted by atomic mass is 16.2. The Hall–Kier alpha value is -1.35. The second kappa shape index (κ2) is 5.33. The molecule has 3 nitrogen and oxygen atoms in total. The number of nitrogens with one attached hydrogen (secondary N) is 1. The Labute approximate surface area is 114 Å². The van der Waals surface area contributed by atoms with E-state index in [0.717, 1.165) is 23.9 Å². The van der Waals surface area contributed by atoms with Crippen LogP contribution in [-0.2, 0) is 4.79 Å². The molecule has 1 aromatic rings. The van der Waals surface area contributed by atoms with Gasteiger partial charge in [0, 0.05) is 6.54 Å². The Bertz CT molecular complexity index is 425. The monoisotopic (exact) mass is 258 g/mol. The zero-order chi connectivity index (χ0) is 13.2. The quantitative estimate of drug-likeness (QED) is 0.822. The summed E-state index contributed by atoms with van der Waals surface area (Å²) in [6.45, 7) is 0.814. The third-order valence-electron chi connectivity index (χ3n) is 4.41. The SMILES string of the molecule is NC(C(=O)NCC(C1CC1)C1CC1)c1ccccc1. The maximum atomic E-state index is 12.1. The molecular weight excluding hydrogens is 236 g/mol. The minimum Gasteiger partial charge on any atom is -0.354 e. The van der Waals surface area contributed by atoms with E-state index >= 15 is 0 Å². The molecule has 3 heteroatoms. The van der Waals surface area contributed by atoms with Gasteiger partial charge < -0.3 is 11.1 Å². The van der Waals surface area contributed by atoms with Crippen LogP contribution in [0.15, 0.2) is 30.3 Å². The van der Waals surface area contributed by atoms with Crippen LogP contribution < -0.4 is 11.1 Å². The fourth-order valence-corrected chi connectivity index (χ4v) is 2.91. The molecule has 2 fully saturated rings. The molecule has 0 aromatic heterocycles. The molecular formula is C16H22N2O. The average molecular weight is 258 g/mol. The fraction of sp³-hybridized carbons (Fsp3) is 0.562. The van der Waals surface area contributed by atoms with Crippen molar-refractivity contribution in [1.82, 2.24) is 5.32 Å². The molecule has 3 N–H and O–H groups in total. The molecule has 102 valence electrons. The molecule has 0 heterocycles. The molecule has 1 amide bonds. The first kappa shape index (κ1) is 12.7. The van der Waals surface area contributed by atoms with Crippen molar-refractivity contribution in [2.75, 3.05) is 6.54 Å². The summed E-state index contributed by atoms with van der Waals surface area (Å²) in [6, 6.07) is 9.04. The van der Waals surface area contributed by atoms with Gasteiger partial charge in [0.1, 0.15) is 6.04 Å². The van der Waals surface area contributed by atoms with Crippen molar-refractivity contribution in [2.24, 2.45) is 23.5 Å². The van der Waals surface area contributed by atoms with Gasteiger partial charge >= 0.3 is 0 Å². The Morgan fingerprint density at radius 1 is 1.16 bits per heavy atom. The van der Waals surface area contributed by atoms with Crippen LogP contribution in [0.4, 0.5) is 0 Å². The smallest absolute Gasteiger partial charge is 0.241 e. The fourth-order valence-electron chi connectivity index (χ4n) is 2.91. The van der Waals surface area contributed by atoms with Crippen molar-refractivity contribution in [3.63, 3.8) is 0 Å². The zero-order valence-corrected chi connectivity index (χ0v) is 11.2. The Morgan fingerprint density at radius 3 is 2.26 bits per heavy atom. The van der Waals surface area contributed by atoms with Gasteiger partial charge in [-0.3, -0.25) is 4.79 Å². The van der Waals surface area contributed by atoms with E-state index in [9.17, 15) is 4.79 Å². The lowest BCUT2D eigenvalue weighted by Crippen LogP contribution is -2.37. The normalized spacial score (nSPS) is 20.3. The van der Waals surface area contributed by atoms with Gasteiger partial charge in [-0.25, -0.2) is 0 Å². The lowest BCUT2D eigenvalue weighted by atomic mass is 9.97. The Balaban J connectivity index is 1.53. The van der Waals surface area contributed by atoms with Crippen molar-refractivity contribution >= 4 is 5.91 Å². The van der Waals surface area contributed by atoms with Crippen LogP contribution in [0.2, 0.25) is 0 Å². The number of amides is 1. The molecule has 2 saturated carbocycles. The highest BCUT2D eigenvalue weighted by molar-refractivity contribution is 5.82. The molecule has 19 heavy (non-hydrogen) atoms. The van der Waals surface area contributed by atoms with Crippen molar-refractivity contribution in [1.29, 1.82) is 0 Å². The molecule has 3 rings (SSSR count). The Morgan fingerprint density at radius 2 is 1.74 bits per heavy atom. The summed E-state index contributed by atoms with van der Waals surface area (Å²) in [4.78, 5) is 12.1. The topological polar surface area (TPSA) is 55.1 Å². The van der Waals surface area contributed by atoms with Crippen LogP contribution in [-0.4, -0.2) is 12.5 Å². The van der Waals surface area contributed by atoms with Gasteiger partial charge in [-0.1, -0.05) is 30.3 Å². The second-order valence-corrected chi connectivity index (χ2v) is 5.97. The standard InChI is InChI=1S/C16H22N2O/c17-15(13-4-2-1-3-5-13)16(19)18-10-14(11-6-7-11)12-8-9-12/h1-5,11-12,14-15H,6-10,17H2,(H,18,19). The average Bonchev–Trinajstić information content (AvgIpc) is 3.31. The molecule has 1 atom stereocenters. The third kappa shape index (κ3) is 3.16. The summed E-state index contributed by atoms with van der Waals surface area (Å²) in [5.74, 6) is 2.38. The highest BCUT2D eigenvalue weighted by Crippen LogP contribution is 2.48. The number of hydrogen-bond donors (Lipinski definition) is 2. The predicted octanol–water partition coefficient (Wildman–Crippen LogP) is 2.24. The summed E-state index contributed by atoms with van der Waals surface area (Å²) in [5, 5.41) is 3.06. The van der Waals surface area contributed by atoms with E-state index < -0.39 is 6.04 Å². The predicted molar refractivity (Wildman–Crippen MR) is 75.3 cm³/mol. The van der Waals surface area contributed by atoms with Crippen LogP contribution in [0.1, 0.15) is 37.3 Å². The summed E-state index contributed by atoms with van der Waals surface area (Å²) >= 11 is 0. The molecule has 0 aliphatic heterocycles. The third-order valence-corrected chi connectivity index (χ3v) is 4.41. The zero-order valence-electron chi connectivity index (χ0n) is 11.2. The molecule has 2 aliphatic carbocycles. The van der Waals surface area contributed by atoms with Crippen molar-refractivity contribution in [2.45, 2.75) is 31.7 Å². The molecule has 0 radical (unpaired) electrons. The molecule has 0 bridgehead atoms. The minimum atomic E-state index is -0.541. The number of hydrogen-bond acceptors (Lipinski definition) is 2. The van der Waals surface area contributed by atoms with E-state index in [0.29, 0.717) is 5.92 Å². The maximum Gasteiger partial charge on any atom is 0.241 e. The van der Waals surface area contributed by atoms with Crippen molar-refractivity contribution in [3.8, 4) is 0 Å². The van der Waals surface area contributed by atoms with Crippen molar-refractivity contribution < 1.29 is 4.79 Å². The van der Waals surface area contributed by atoms with Crippen LogP contribution in [0, 0.1) is 17.8 Å². The van der Waals surface area contributed by atoms with E-state index in [4.69, 9.17) is 5.73 Å². The van der Waals surface area contributed by atoms with Crippen LogP contribution in [0.25, 0.3) is 0 Å². The summed E-state index contributed by atoms with van der Waals surface area (Å²) in [7, 11) is 0. The number of nitrogens with two attached hydrogens (primary N) is 1. The van der Waals surface area contributed by atoms with E-state index in [1.165, 1.54) is 25.7 Å². The minimum absolute atomic E-state index is 0.0440. The van der Waals surface area contributed by atoms with Gasteiger partial charge in [0.15, 0.2) is 0 Å². The number of carbonyl (C=O) groups excluding carboxylic acids is 1. The van der Waals surface area contributed by atoms with E-state index in [-0.39, 0.29) is 5.91 Å². The molecule has 2 aliphatic rings. The first-order chi connectivity index (χ1) is 9.25. The number of benzene rings is 1. The summed E-state index contributed by atoms with van der Waals surface area (Å²) in [6.07, 6.45) is 5.40. The Kier molecular flexibility index (Phi) is 3.56. The van der Waals surface area contributed by atoms with Crippen LogP contribution >= 0.6 is 0 Å². The maximum absolute atomic E-state index is 12.1. The second-order valence-electron chi connectivity index (χ2n) is 5.97. The first-order valence-electron chi connectivity index (χ1n) is 7.34. The summed E-state index contributed by atoms with van der Waals surface area (Å²) < 4.78 is 0. The van der Waals surface area contributed by atoms with E-state index in [2.05, 4.69) is 5.32 Å². The van der Waals surface area contributed by atoms with E-state index in [1.54, 1.807) is 0 Å². The van der Waals surface area contributed by atoms with Gasteiger partial charge in [0.2, 0.25) is 5.91 Å². The van der Waals surface area contributed by atoms with Gasteiger partial charge in [-0.05, 0) is 49.0 Å². The lowest BCUT2D eigenvalue weighted by molar-refractivity contribution is -0.122. The molecule has 0 spiro atoms. The molecule has 1 unspecified atom stereocenters. The van der Waals surface area contributed by atoms with Gasteiger partial charge in [0.05, 0.1) is 0 Å². The van der Waals surface area contributed by atoms with Gasteiger partial charge in [-0.2, -0.15) is 0 Å². The molecule has 1 aromatic carbocycles. The lowest BCUT2D eigenvalue weighted by Gasteiger charge is -2.18. The van der Waals surface area contributed by atoms with Crippen LogP contribution in [0.3, 0.4) is 0 Å². The van der Waals surface area contributed by atoms with Gasteiger partial charge in [-0.15, -0.1) is 0 Å². The number of rotatable bonds is 6.